The van der Waals surface area contributed by atoms with Crippen LogP contribution in [-0.4, -0.2) is 27.6 Å². The van der Waals surface area contributed by atoms with Crippen molar-refractivity contribution in [2.24, 2.45) is 0 Å². The van der Waals surface area contributed by atoms with Crippen LogP contribution in [0, 0.1) is 13.8 Å². The Morgan fingerprint density at radius 3 is 2.74 bits per heavy atom. The summed E-state index contributed by atoms with van der Waals surface area (Å²) in [5.41, 5.74) is 1.17. The van der Waals surface area contributed by atoms with Crippen molar-refractivity contribution in [3.8, 4) is 0 Å². The van der Waals surface area contributed by atoms with Crippen molar-refractivity contribution >= 4 is 33.3 Å². The van der Waals surface area contributed by atoms with Gasteiger partial charge in [0.05, 0.1) is 11.8 Å². The summed E-state index contributed by atoms with van der Waals surface area (Å²) < 4.78 is 0. The van der Waals surface area contributed by atoms with Crippen LogP contribution in [0.2, 0.25) is 0 Å². The average molecular weight is 279 g/mol. The number of aromatic nitrogens is 2. The highest BCUT2D eigenvalue weighted by atomic mass is 32.1. The minimum atomic E-state index is -0.813. The second kappa shape index (κ2) is 5.52. The van der Waals surface area contributed by atoms with E-state index in [-0.39, 0.29) is 6.42 Å². The molecule has 2 rings (SSSR count). The molecule has 0 bridgehead atoms. The summed E-state index contributed by atoms with van der Waals surface area (Å²) in [5.74, 6) is 0.725. The summed E-state index contributed by atoms with van der Waals surface area (Å²) in [6.45, 7) is 6.49. The molecule has 102 valence electrons. The van der Waals surface area contributed by atoms with E-state index in [0.717, 1.165) is 28.3 Å². The van der Waals surface area contributed by atoms with E-state index in [1.54, 1.807) is 11.3 Å². The molecule has 0 spiro atoms. The van der Waals surface area contributed by atoms with Gasteiger partial charge in [-0.1, -0.05) is 6.92 Å². The Kier molecular flexibility index (Phi) is 3.99. The van der Waals surface area contributed by atoms with Crippen molar-refractivity contribution in [2.75, 3.05) is 11.9 Å². The number of thiophene rings is 1. The van der Waals surface area contributed by atoms with Crippen LogP contribution in [0.3, 0.4) is 0 Å². The Hall–Kier alpha value is -1.69. The second-order valence-corrected chi connectivity index (χ2v) is 5.58. The van der Waals surface area contributed by atoms with Crippen LogP contribution in [0.4, 0.5) is 5.82 Å². The fourth-order valence-electron chi connectivity index (χ4n) is 1.87. The number of aliphatic carboxylic acids is 1. The van der Waals surface area contributed by atoms with Gasteiger partial charge in [-0.3, -0.25) is 4.79 Å². The number of carboxylic acids is 1. The molecule has 0 fully saturated rings. The number of hydrogen-bond donors (Lipinski definition) is 2. The summed E-state index contributed by atoms with van der Waals surface area (Å²) in [6.07, 6.45) is 0.842. The lowest BCUT2D eigenvalue weighted by molar-refractivity contribution is -0.136. The van der Waals surface area contributed by atoms with Gasteiger partial charge in [-0.15, -0.1) is 11.3 Å². The molecule has 0 saturated heterocycles. The Balaban J connectivity index is 2.41. The molecule has 0 saturated carbocycles. The fourth-order valence-corrected chi connectivity index (χ4v) is 2.92. The molecule has 19 heavy (non-hydrogen) atoms. The highest BCUT2D eigenvalue weighted by Gasteiger charge is 2.14. The monoisotopic (exact) mass is 279 g/mol. The zero-order chi connectivity index (χ0) is 14.0. The zero-order valence-electron chi connectivity index (χ0n) is 11.3. The first kappa shape index (κ1) is 13.7. The number of rotatable bonds is 5. The van der Waals surface area contributed by atoms with Gasteiger partial charge in [0, 0.05) is 17.8 Å². The third kappa shape index (κ3) is 2.84. The topological polar surface area (TPSA) is 75.1 Å². The van der Waals surface area contributed by atoms with E-state index in [2.05, 4.69) is 22.2 Å². The Bertz CT molecular complexity index is 622. The summed E-state index contributed by atoms with van der Waals surface area (Å²) in [4.78, 5) is 21.8. The summed E-state index contributed by atoms with van der Waals surface area (Å²) in [5, 5.41) is 12.8. The molecule has 5 nitrogen and oxygen atoms in total. The predicted molar refractivity (Wildman–Crippen MR) is 77.0 cm³/mol. The number of aryl methyl sites for hydroxylation is 3. The number of hydrogen-bond acceptors (Lipinski definition) is 5. The van der Waals surface area contributed by atoms with Gasteiger partial charge >= 0.3 is 5.97 Å². The first-order valence-corrected chi connectivity index (χ1v) is 7.06. The molecule has 6 heteroatoms. The third-order valence-electron chi connectivity index (χ3n) is 3.02. The summed E-state index contributed by atoms with van der Waals surface area (Å²) in [6, 6.07) is 0. The molecule has 0 amide bonds. The van der Waals surface area contributed by atoms with Crippen LogP contribution in [0.15, 0.2) is 0 Å². The van der Waals surface area contributed by atoms with Gasteiger partial charge in [-0.05, 0) is 19.4 Å². The lowest BCUT2D eigenvalue weighted by atomic mass is 10.2. The summed E-state index contributed by atoms with van der Waals surface area (Å²) >= 11 is 1.65. The number of nitrogens with one attached hydrogen (secondary N) is 1. The lowest BCUT2D eigenvalue weighted by Gasteiger charge is -2.08. The van der Waals surface area contributed by atoms with E-state index in [4.69, 9.17) is 5.11 Å². The van der Waals surface area contributed by atoms with Gasteiger partial charge < -0.3 is 10.4 Å². The number of nitrogens with zero attached hydrogens (tertiary/aromatic N) is 2. The Morgan fingerprint density at radius 1 is 1.37 bits per heavy atom. The molecule has 2 heterocycles. The molecule has 0 aliphatic heterocycles. The van der Waals surface area contributed by atoms with Crippen LogP contribution in [0.5, 0.6) is 0 Å². The smallest absolute Gasteiger partial charge is 0.305 e. The minimum absolute atomic E-state index is 0.0785. The summed E-state index contributed by atoms with van der Waals surface area (Å²) in [7, 11) is 0. The SMILES string of the molecule is CCc1nc(NCCC(=O)O)c2c(C)c(C)sc2n1. The molecule has 0 radical (unpaired) electrons. The van der Waals surface area contributed by atoms with Gasteiger partial charge in [-0.25, -0.2) is 9.97 Å². The van der Waals surface area contributed by atoms with Crippen molar-refractivity contribution in [3.63, 3.8) is 0 Å². The molecular weight excluding hydrogens is 262 g/mol. The molecule has 0 aliphatic carbocycles. The maximum Gasteiger partial charge on any atom is 0.305 e. The van der Waals surface area contributed by atoms with E-state index in [0.29, 0.717) is 6.54 Å². The molecule has 0 atom stereocenters. The first-order valence-electron chi connectivity index (χ1n) is 6.25. The van der Waals surface area contributed by atoms with Crippen molar-refractivity contribution in [2.45, 2.75) is 33.6 Å². The van der Waals surface area contributed by atoms with Gasteiger partial charge in [0.15, 0.2) is 0 Å². The standard InChI is InChI=1S/C13H17N3O2S/c1-4-9-15-12(14-6-5-10(17)18)11-7(2)8(3)19-13(11)16-9/h4-6H2,1-3H3,(H,17,18)(H,14,15,16). The maximum atomic E-state index is 10.6. The largest absolute Gasteiger partial charge is 0.481 e. The number of carbonyl (C=O) groups is 1. The van der Waals surface area contributed by atoms with Gasteiger partial charge in [0.2, 0.25) is 0 Å². The van der Waals surface area contributed by atoms with Crippen LogP contribution in [-0.2, 0) is 11.2 Å². The zero-order valence-corrected chi connectivity index (χ0v) is 12.1. The van der Waals surface area contributed by atoms with Crippen LogP contribution in [0.1, 0.15) is 29.6 Å². The number of anilines is 1. The molecule has 2 aromatic rings. The van der Waals surface area contributed by atoms with Crippen LogP contribution < -0.4 is 5.32 Å². The average Bonchev–Trinajstić information content (AvgIpc) is 2.64. The van der Waals surface area contributed by atoms with E-state index < -0.39 is 5.97 Å². The van der Waals surface area contributed by atoms with Crippen molar-refractivity contribution in [1.29, 1.82) is 0 Å². The van der Waals surface area contributed by atoms with E-state index >= 15 is 0 Å². The Labute approximate surface area is 115 Å². The van der Waals surface area contributed by atoms with Crippen molar-refractivity contribution in [3.05, 3.63) is 16.3 Å². The van der Waals surface area contributed by atoms with Crippen molar-refractivity contribution < 1.29 is 9.90 Å². The molecule has 0 unspecified atom stereocenters. The molecule has 0 aromatic carbocycles. The lowest BCUT2D eigenvalue weighted by Crippen LogP contribution is -2.10. The van der Waals surface area contributed by atoms with E-state index in [1.165, 1.54) is 10.4 Å². The van der Waals surface area contributed by atoms with Gasteiger partial charge in [0.1, 0.15) is 16.5 Å². The highest BCUT2D eigenvalue weighted by Crippen LogP contribution is 2.33. The van der Waals surface area contributed by atoms with Gasteiger partial charge in [0.25, 0.3) is 0 Å². The Morgan fingerprint density at radius 2 is 2.11 bits per heavy atom. The van der Waals surface area contributed by atoms with Gasteiger partial charge in [-0.2, -0.15) is 0 Å². The quantitative estimate of drug-likeness (QED) is 0.880. The van der Waals surface area contributed by atoms with Crippen molar-refractivity contribution in [1.82, 2.24) is 9.97 Å². The fraction of sp³-hybridized carbons (Fsp3) is 0.462. The number of carboxylic acid groups (broad SMARTS) is 1. The molecule has 2 N–H and O–H groups in total. The predicted octanol–water partition coefficient (Wildman–Crippen LogP) is 2.76. The normalized spacial score (nSPS) is 10.9. The molecule has 2 aromatic heterocycles. The maximum absolute atomic E-state index is 10.6. The minimum Gasteiger partial charge on any atom is -0.481 e. The highest BCUT2D eigenvalue weighted by molar-refractivity contribution is 7.18. The third-order valence-corrected chi connectivity index (χ3v) is 4.12. The molecule has 0 aliphatic rings. The van der Waals surface area contributed by atoms with Crippen LogP contribution >= 0.6 is 11.3 Å². The number of fused-ring (bicyclic) bond motifs is 1. The van der Waals surface area contributed by atoms with E-state index in [1.807, 2.05) is 13.8 Å². The molecular formula is C13H17N3O2S. The van der Waals surface area contributed by atoms with Crippen LogP contribution in [0.25, 0.3) is 10.2 Å². The first-order chi connectivity index (χ1) is 9.02. The second-order valence-electron chi connectivity index (χ2n) is 4.38. The van der Waals surface area contributed by atoms with E-state index in [9.17, 15) is 4.79 Å².